The van der Waals surface area contributed by atoms with Crippen molar-refractivity contribution in [3.05, 3.63) is 0 Å². The normalized spacial score (nSPS) is 14.2. The molecule has 4 nitrogen and oxygen atoms in total. The van der Waals surface area contributed by atoms with Crippen molar-refractivity contribution in [1.82, 2.24) is 0 Å². The number of aliphatic hydroxyl groups is 1. The molecule has 0 aliphatic heterocycles. The van der Waals surface area contributed by atoms with Crippen LogP contribution >= 0.6 is 0 Å². The Balaban J connectivity index is 0. The Hall–Kier alpha value is 1.51. The predicted molar refractivity (Wildman–Crippen MR) is 95.5 cm³/mol. The van der Waals surface area contributed by atoms with Crippen molar-refractivity contribution in [2.45, 2.75) is 115 Å². The third kappa shape index (κ3) is 16.9. The first-order valence-electron chi connectivity index (χ1n) is 9.54. The Labute approximate surface area is 192 Å². The molecule has 2 unspecified atom stereocenters. The van der Waals surface area contributed by atoms with Gasteiger partial charge in [0.25, 0.3) is 0 Å². The van der Waals surface area contributed by atoms with Crippen LogP contribution in [0.25, 0.3) is 0 Å². The molecule has 140 valence electrons. The van der Waals surface area contributed by atoms with Crippen molar-refractivity contribution in [2.24, 2.45) is 0 Å². The zero-order valence-corrected chi connectivity index (χ0v) is 20.1. The van der Waals surface area contributed by atoms with Crippen LogP contribution in [0.2, 0.25) is 0 Å². The van der Waals surface area contributed by atoms with Crippen LogP contribution in [0.15, 0.2) is 0 Å². The second-order valence-electron chi connectivity index (χ2n) is 6.72. The first kappa shape index (κ1) is 27.7. The molecule has 0 amide bonds. The maximum absolute atomic E-state index is 11.3. The maximum atomic E-state index is 11.3. The number of hydrogen-bond acceptors (Lipinski definition) is 4. The number of aliphatic hydroxyl groups excluding tert-OH is 1. The Morgan fingerprint density at radius 1 is 0.792 bits per heavy atom. The van der Waals surface area contributed by atoms with E-state index in [2.05, 4.69) is 6.92 Å². The Morgan fingerprint density at radius 3 is 1.62 bits per heavy atom. The first-order chi connectivity index (χ1) is 10.9. The number of unbranched alkanes of at least 4 members (excludes halogenated alkanes) is 8. The van der Waals surface area contributed by atoms with E-state index in [9.17, 15) is 18.1 Å². The Bertz CT molecular complexity index is 360. The van der Waals surface area contributed by atoms with E-state index in [0.717, 1.165) is 70.6 Å². The summed E-state index contributed by atoms with van der Waals surface area (Å²) in [6.07, 6.45) is 13.1. The summed E-state index contributed by atoms with van der Waals surface area (Å²) in [6.45, 7) is 4.08. The molecule has 0 aromatic rings. The van der Waals surface area contributed by atoms with E-state index in [-0.39, 0.29) is 57.5 Å². The summed E-state index contributed by atoms with van der Waals surface area (Å²) in [5.74, 6) is 0. The Kier molecular flexibility index (Phi) is 20.7. The molecule has 0 spiro atoms. The van der Waals surface area contributed by atoms with Crippen LogP contribution < -0.4 is 51.4 Å². The van der Waals surface area contributed by atoms with Crippen molar-refractivity contribution < 1.29 is 69.5 Å². The van der Waals surface area contributed by atoms with Gasteiger partial charge in [0.2, 0.25) is 0 Å². The molecule has 0 aliphatic rings. The summed E-state index contributed by atoms with van der Waals surface area (Å²) in [6, 6.07) is 0. The minimum absolute atomic E-state index is 0. The molecule has 0 radical (unpaired) electrons. The summed E-state index contributed by atoms with van der Waals surface area (Å²) >= 11 is 0. The fourth-order valence-corrected chi connectivity index (χ4v) is 3.81. The predicted octanol–water partition coefficient (Wildman–Crippen LogP) is 1.77. The fourth-order valence-electron chi connectivity index (χ4n) is 2.89. The third-order valence-electron chi connectivity index (χ3n) is 4.57. The van der Waals surface area contributed by atoms with E-state index in [1.807, 2.05) is 6.92 Å². The number of rotatable bonds is 16. The van der Waals surface area contributed by atoms with E-state index in [4.69, 9.17) is 0 Å². The smallest absolute Gasteiger partial charge is 0.748 e. The SMILES string of the molecule is CCCCCC(CCCCCCCCCC(O)CC)S(=O)(=O)[O-].[K+]. The molecule has 0 aromatic heterocycles. The summed E-state index contributed by atoms with van der Waals surface area (Å²) in [7, 11) is -4.13. The largest absolute Gasteiger partial charge is 1.00 e. The molecule has 0 fully saturated rings. The van der Waals surface area contributed by atoms with Crippen LogP contribution in [0.3, 0.4) is 0 Å². The summed E-state index contributed by atoms with van der Waals surface area (Å²) < 4.78 is 33.8. The maximum Gasteiger partial charge on any atom is 1.00 e. The standard InChI is InChI=1S/C18H38O4S.K/c1-3-5-11-15-18(23(20,21)22)16-13-10-8-6-7-9-12-14-17(19)4-2;/h17-19H,3-16H2,1-2H3,(H,20,21,22);/q;+1/p-1. The van der Waals surface area contributed by atoms with Crippen molar-refractivity contribution in [2.75, 3.05) is 0 Å². The minimum Gasteiger partial charge on any atom is -0.748 e. The molecule has 0 aliphatic carbocycles. The average molecular weight is 389 g/mol. The van der Waals surface area contributed by atoms with Gasteiger partial charge in [0.1, 0.15) is 0 Å². The van der Waals surface area contributed by atoms with Crippen LogP contribution in [0.4, 0.5) is 0 Å². The molecule has 24 heavy (non-hydrogen) atoms. The van der Waals surface area contributed by atoms with Crippen molar-refractivity contribution in [1.29, 1.82) is 0 Å². The summed E-state index contributed by atoms with van der Waals surface area (Å²) in [5, 5.41) is 8.77. The summed E-state index contributed by atoms with van der Waals surface area (Å²) in [5.41, 5.74) is 0. The third-order valence-corrected chi connectivity index (χ3v) is 5.86. The van der Waals surface area contributed by atoms with Gasteiger partial charge in [-0.2, -0.15) is 0 Å². The minimum atomic E-state index is -4.13. The van der Waals surface area contributed by atoms with Gasteiger partial charge in [0, 0.05) is 5.25 Å². The zero-order valence-electron chi connectivity index (χ0n) is 16.1. The fraction of sp³-hybridized carbons (Fsp3) is 1.00. The van der Waals surface area contributed by atoms with Crippen molar-refractivity contribution >= 4 is 10.1 Å². The second-order valence-corrected chi connectivity index (χ2v) is 8.38. The molecule has 1 N–H and O–H groups in total. The zero-order chi connectivity index (χ0) is 17.6. The Morgan fingerprint density at radius 2 is 1.21 bits per heavy atom. The number of hydrogen-bond donors (Lipinski definition) is 1. The van der Waals surface area contributed by atoms with Crippen LogP contribution in [-0.2, 0) is 10.1 Å². The quantitative estimate of drug-likeness (QED) is 0.248. The molecule has 0 saturated heterocycles. The van der Waals surface area contributed by atoms with E-state index in [0.29, 0.717) is 12.8 Å². The molecular formula is C18H37KO4S. The van der Waals surface area contributed by atoms with Crippen molar-refractivity contribution in [3.8, 4) is 0 Å². The van der Waals surface area contributed by atoms with Gasteiger partial charge in [0.05, 0.1) is 16.2 Å². The van der Waals surface area contributed by atoms with Gasteiger partial charge in [-0.15, -0.1) is 0 Å². The van der Waals surface area contributed by atoms with Crippen LogP contribution in [0.1, 0.15) is 104 Å². The topological polar surface area (TPSA) is 77.4 Å². The molecule has 0 rings (SSSR count). The molecule has 6 heteroatoms. The monoisotopic (exact) mass is 388 g/mol. The van der Waals surface area contributed by atoms with Gasteiger partial charge >= 0.3 is 51.4 Å². The van der Waals surface area contributed by atoms with Gasteiger partial charge in [0.15, 0.2) is 0 Å². The molecule has 0 saturated carbocycles. The van der Waals surface area contributed by atoms with Gasteiger partial charge in [-0.05, 0) is 25.7 Å². The van der Waals surface area contributed by atoms with Gasteiger partial charge < -0.3 is 9.66 Å². The van der Waals surface area contributed by atoms with Crippen LogP contribution in [0.5, 0.6) is 0 Å². The van der Waals surface area contributed by atoms with Gasteiger partial charge in [-0.25, -0.2) is 8.42 Å². The molecule has 0 bridgehead atoms. The second kappa shape index (κ2) is 17.9. The molecule has 0 aromatic carbocycles. The van der Waals surface area contributed by atoms with E-state index in [1.165, 1.54) is 6.42 Å². The average Bonchev–Trinajstić information content (AvgIpc) is 2.50. The molecule has 0 heterocycles. The van der Waals surface area contributed by atoms with Crippen LogP contribution in [-0.4, -0.2) is 29.4 Å². The van der Waals surface area contributed by atoms with E-state index in [1.54, 1.807) is 0 Å². The summed E-state index contributed by atoms with van der Waals surface area (Å²) in [4.78, 5) is 0. The van der Waals surface area contributed by atoms with Gasteiger partial charge in [-0.3, -0.25) is 0 Å². The van der Waals surface area contributed by atoms with Gasteiger partial charge in [-0.1, -0.05) is 78.1 Å². The molecule has 2 atom stereocenters. The van der Waals surface area contributed by atoms with Crippen LogP contribution in [0, 0.1) is 0 Å². The van der Waals surface area contributed by atoms with E-state index >= 15 is 0 Å². The van der Waals surface area contributed by atoms with Crippen molar-refractivity contribution in [3.63, 3.8) is 0 Å². The van der Waals surface area contributed by atoms with E-state index < -0.39 is 15.4 Å². The first-order valence-corrected chi connectivity index (χ1v) is 11.0. The molecular weight excluding hydrogens is 351 g/mol.